The summed E-state index contributed by atoms with van der Waals surface area (Å²) < 4.78 is 38.4. The van der Waals surface area contributed by atoms with Crippen LogP contribution in [0, 0.1) is 5.92 Å². The zero-order valence-corrected chi connectivity index (χ0v) is 15.4. The van der Waals surface area contributed by atoms with Crippen LogP contribution in [-0.4, -0.2) is 36.3 Å². The van der Waals surface area contributed by atoms with Gasteiger partial charge in [-0.2, -0.15) is 13.2 Å². The Bertz CT molecular complexity index is 625. The highest BCUT2D eigenvalue weighted by atomic mass is 35.5. The molecule has 25 heavy (non-hydrogen) atoms. The molecule has 2 amide bonds. The summed E-state index contributed by atoms with van der Waals surface area (Å²) in [5.41, 5.74) is 4.53. The summed E-state index contributed by atoms with van der Waals surface area (Å²) >= 11 is 5.51. The fourth-order valence-electron chi connectivity index (χ4n) is 1.89. The lowest BCUT2D eigenvalue weighted by Gasteiger charge is -2.23. The Hall–Kier alpha value is -1.51. The second-order valence-electron chi connectivity index (χ2n) is 5.58. The normalized spacial score (nSPS) is 13.4. The standard InChI is InChI=1S/C15H19ClF3N3O2.ClH/c1-8(9(2)20)14(24)22(3)7-13(23)21-10-4-5-12(16)11(6-10)15(17,18)19;/h4-6,8-9H,7,20H2,1-3H3,(H,21,23);1H. The number of amides is 2. The minimum Gasteiger partial charge on any atom is -0.336 e. The maximum absolute atomic E-state index is 12.8. The molecule has 0 radical (unpaired) electrons. The molecule has 1 aromatic rings. The molecule has 1 aromatic carbocycles. The van der Waals surface area contributed by atoms with Crippen LogP contribution in [0.2, 0.25) is 5.02 Å². The van der Waals surface area contributed by atoms with Gasteiger partial charge in [-0.05, 0) is 25.1 Å². The number of likely N-dealkylation sites (N-methyl/N-ethyl adjacent to an activating group) is 1. The smallest absolute Gasteiger partial charge is 0.336 e. The molecule has 0 saturated carbocycles. The number of nitrogens with one attached hydrogen (secondary N) is 1. The van der Waals surface area contributed by atoms with Gasteiger partial charge in [0.05, 0.1) is 23.0 Å². The van der Waals surface area contributed by atoms with Gasteiger partial charge in [0.1, 0.15) is 0 Å². The Morgan fingerprint density at radius 3 is 2.36 bits per heavy atom. The number of carbonyl (C=O) groups is 2. The van der Waals surface area contributed by atoms with E-state index in [9.17, 15) is 22.8 Å². The average molecular weight is 402 g/mol. The molecule has 0 saturated heterocycles. The Labute approximate surface area is 155 Å². The SMILES string of the molecule is CC(N)C(C)C(=O)N(C)CC(=O)Nc1ccc(Cl)c(C(F)(F)F)c1.Cl. The highest BCUT2D eigenvalue weighted by Crippen LogP contribution is 2.36. The fourth-order valence-corrected chi connectivity index (χ4v) is 2.11. The monoisotopic (exact) mass is 401 g/mol. The van der Waals surface area contributed by atoms with Crippen molar-refractivity contribution in [1.82, 2.24) is 4.90 Å². The number of hydrogen-bond acceptors (Lipinski definition) is 3. The first kappa shape index (κ1) is 23.5. The second-order valence-corrected chi connectivity index (χ2v) is 5.99. The van der Waals surface area contributed by atoms with E-state index in [4.69, 9.17) is 17.3 Å². The van der Waals surface area contributed by atoms with Crippen molar-refractivity contribution in [3.8, 4) is 0 Å². The molecule has 0 bridgehead atoms. The third-order valence-electron chi connectivity index (χ3n) is 3.49. The van der Waals surface area contributed by atoms with E-state index in [0.717, 1.165) is 12.1 Å². The van der Waals surface area contributed by atoms with E-state index in [2.05, 4.69) is 5.32 Å². The first-order chi connectivity index (χ1) is 10.9. The van der Waals surface area contributed by atoms with Crippen LogP contribution in [0.5, 0.6) is 0 Å². The van der Waals surface area contributed by atoms with E-state index in [0.29, 0.717) is 0 Å². The number of hydrogen-bond donors (Lipinski definition) is 2. The minimum atomic E-state index is -4.63. The lowest BCUT2D eigenvalue weighted by Crippen LogP contribution is -2.42. The largest absolute Gasteiger partial charge is 0.417 e. The molecule has 0 aliphatic rings. The summed E-state index contributed by atoms with van der Waals surface area (Å²) in [4.78, 5) is 25.1. The van der Waals surface area contributed by atoms with Gasteiger partial charge in [0.15, 0.2) is 0 Å². The lowest BCUT2D eigenvalue weighted by atomic mass is 10.0. The molecule has 10 heteroatoms. The predicted octanol–water partition coefficient (Wildman–Crippen LogP) is 3.16. The summed E-state index contributed by atoms with van der Waals surface area (Å²) in [6, 6.07) is 2.66. The van der Waals surface area contributed by atoms with Gasteiger partial charge in [-0.3, -0.25) is 9.59 Å². The second kappa shape index (κ2) is 9.26. The maximum atomic E-state index is 12.8. The number of anilines is 1. The van der Waals surface area contributed by atoms with Gasteiger partial charge in [0.25, 0.3) is 0 Å². The molecule has 142 valence electrons. The zero-order chi connectivity index (χ0) is 18.7. The van der Waals surface area contributed by atoms with Crippen LogP contribution in [0.3, 0.4) is 0 Å². The van der Waals surface area contributed by atoms with E-state index in [-0.39, 0.29) is 36.6 Å². The highest BCUT2D eigenvalue weighted by molar-refractivity contribution is 6.31. The van der Waals surface area contributed by atoms with E-state index >= 15 is 0 Å². The van der Waals surface area contributed by atoms with Gasteiger partial charge in [-0.1, -0.05) is 18.5 Å². The maximum Gasteiger partial charge on any atom is 0.417 e. The van der Waals surface area contributed by atoms with Crippen molar-refractivity contribution >= 4 is 41.5 Å². The predicted molar refractivity (Wildman–Crippen MR) is 92.8 cm³/mol. The number of nitrogens with two attached hydrogens (primary N) is 1. The van der Waals surface area contributed by atoms with E-state index in [1.165, 1.54) is 18.0 Å². The third-order valence-corrected chi connectivity index (χ3v) is 3.82. The van der Waals surface area contributed by atoms with Crippen molar-refractivity contribution in [2.45, 2.75) is 26.1 Å². The van der Waals surface area contributed by atoms with E-state index < -0.39 is 28.6 Å². The number of carbonyl (C=O) groups excluding carboxylic acids is 2. The Balaban J connectivity index is 0.00000576. The molecule has 2 atom stereocenters. The van der Waals surface area contributed by atoms with Crippen LogP contribution in [0.1, 0.15) is 19.4 Å². The topological polar surface area (TPSA) is 75.4 Å². The molecule has 0 aliphatic heterocycles. The van der Waals surface area contributed by atoms with Crippen molar-refractivity contribution in [1.29, 1.82) is 0 Å². The van der Waals surface area contributed by atoms with Crippen molar-refractivity contribution in [2.75, 3.05) is 18.9 Å². The summed E-state index contributed by atoms with van der Waals surface area (Å²) in [5, 5.41) is 1.85. The minimum absolute atomic E-state index is 0. The van der Waals surface area contributed by atoms with Crippen molar-refractivity contribution in [3.63, 3.8) is 0 Å². The molecular formula is C15H20Cl2F3N3O2. The average Bonchev–Trinajstić information content (AvgIpc) is 2.46. The molecule has 2 unspecified atom stereocenters. The fraction of sp³-hybridized carbons (Fsp3) is 0.467. The highest BCUT2D eigenvalue weighted by Gasteiger charge is 2.33. The lowest BCUT2D eigenvalue weighted by molar-refractivity contribution is -0.137. The molecular weight excluding hydrogens is 382 g/mol. The van der Waals surface area contributed by atoms with E-state index in [1.54, 1.807) is 13.8 Å². The van der Waals surface area contributed by atoms with Gasteiger partial charge in [0.2, 0.25) is 11.8 Å². The van der Waals surface area contributed by atoms with Crippen molar-refractivity contribution in [2.24, 2.45) is 11.7 Å². The summed E-state index contributed by atoms with van der Waals surface area (Å²) in [7, 11) is 1.42. The van der Waals surface area contributed by atoms with Gasteiger partial charge in [-0.15, -0.1) is 12.4 Å². The third kappa shape index (κ3) is 6.72. The Morgan fingerprint density at radius 2 is 1.88 bits per heavy atom. The molecule has 0 heterocycles. The van der Waals surface area contributed by atoms with Crippen LogP contribution in [-0.2, 0) is 15.8 Å². The first-order valence-electron chi connectivity index (χ1n) is 7.10. The first-order valence-corrected chi connectivity index (χ1v) is 7.48. The van der Waals surface area contributed by atoms with Crippen molar-refractivity contribution in [3.05, 3.63) is 28.8 Å². The Kier molecular flexibility index (Phi) is 8.70. The quantitative estimate of drug-likeness (QED) is 0.795. The van der Waals surface area contributed by atoms with Gasteiger partial charge in [0, 0.05) is 18.8 Å². The molecule has 3 N–H and O–H groups in total. The van der Waals surface area contributed by atoms with Crippen LogP contribution in [0.4, 0.5) is 18.9 Å². The Morgan fingerprint density at radius 1 is 1.32 bits per heavy atom. The van der Waals surface area contributed by atoms with Gasteiger partial charge >= 0.3 is 6.18 Å². The molecule has 0 aliphatic carbocycles. The number of benzene rings is 1. The number of nitrogens with zero attached hydrogens (tertiary/aromatic N) is 1. The molecule has 0 fully saturated rings. The summed E-state index contributed by atoms with van der Waals surface area (Å²) in [6.07, 6.45) is -4.63. The van der Waals surface area contributed by atoms with Crippen LogP contribution >= 0.6 is 24.0 Å². The van der Waals surface area contributed by atoms with E-state index in [1.807, 2.05) is 0 Å². The molecule has 0 aromatic heterocycles. The van der Waals surface area contributed by atoms with Crippen molar-refractivity contribution < 1.29 is 22.8 Å². The van der Waals surface area contributed by atoms with Crippen LogP contribution in [0.15, 0.2) is 18.2 Å². The van der Waals surface area contributed by atoms with Gasteiger partial charge < -0.3 is 16.0 Å². The molecule has 0 spiro atoms. The van der Waals surface area contributed by atoms with Crippen LogP contribution in [0.25, 0.3) is 0 Å². The summed E-state index contributed by atoms with van der Waals surface area (Å²) in [5.74, 6) is -1.43. The summed E-state index contributed by atoms with van der Waals surface area (Å²) in [6.45, 7) is 3.00. The molecule has 5 nitrogen and oxygen atoms in total. The molecule has 1 rings (SSSR count). The van der Waals surface area contributed by atoms with Crippen LogP contribution < -0.4 is 11.1 Å². The number of halogens is 5. The number of rotatable bonds is 5. The number of alkyl halides is 3. The zero-order valence-electron chi connectivity index (χ0n) is 13.9. The van der Waals surface area contributed by atoms with Gasteiger partial charge in [-0.25, -0.2) is 0 Å².